The average molecular weight is 411 g/mol. The molecule has 31 heavy (non-hydrogen) atoms. The zero-order chi connectivity index (χ0) is 21.6. The highest BCUT2D eigenvalue weighted by Crippen LogP contribution is 2.35. The van der Waals surface area contributed by atoms with E-state index in [2.05, 4.69) is 38.1 Å². The van der Waals surface area contributed by atoms with E-state index in [-0.39, 0.29) is 11.7 Å². The fraction of sp³-hybridized carbons (Fsp3) is 0.250. The van der Waals surface area contributed by atoms with Crippen molar-refractivity contribution < 1.29 is 0 Å². The van der Waals surface area contributed by atoms with Crippen LogP contribution in [0.4, 0.5) is 0 Å². The van der Waals surface area contributed by atoms with Gasteiger partial charge in [-0.25, -0.2) is 4.79 Å². The molecule has 1 aromatic heterocycles. The van der Waals surface area contributed by atoms with Crippen molar-refractivity contribution in [2.45, 2.75) is 45.6 Å². The van der Waals surface area contributed by atoms with Crippen LogP contribution in [0.3, 0.4) is 0 Å². The Morgan fingerprint density at radius 2 is 1.23 bits per heavy atom. The zero-order valence-electron chi connectivity index (χ0n) is 18.4. The van der Waals surface area contributed by atoms with Crippen LogP contribution in [-0.2, 0) is 0 Å². The second-order valence-corrected chi connectivity index (χ2v) is 8.10. The molecule has 0 radical (unpaired) electrons. The Bertz CT molecular complexity index is 1160. The van der Waals surface area contributed by atoms with Crippen LogP contribution in [0, 0.1) is 0 Å². The molecule has 1 atom stereocenters. The third-order valence-electron chi connectivity index (χ3n) is 5.86. The first-order chi connectivity index (χ1) is 15.2. The van der Waals surface area contributed by atoms with Crippen LogP contribution in [0.15, 0.2) is 95.8 Å². The summed E-state index contributed by atoms with van der Waals surface area (Å²) in [5, 5.41) is 0. The SMILES string of the molecule is CCCCCC(C)n1c(-c2ccccc2)c(-c2ccccc2)n(-c2ccccc2)c1=O. The van der Waals surface area contributed by atoms with Crippen LogP contribution >= 0.6 is 0 Å². The van der Waals surface area contributed by atoms with Crippen LogP contribution < -0.4 is 5.69 Å². The van der Waals surface area contributed by atoms with E-state index in [4.69, 9.17) is 0 Å². The first-order valence-electron chi connectivity index (χ1n) is 11.3. The third-order valence-corrected chi connectivity index (χ3v) is 5.86. The normalized spacial score (nSPS) is 12.1. The van der Waals surface area contributed by atoms with Crippen molar-refractivity contribution in [3.8, 4) is 28.2 Å². The number of benzene rings is 3. The first-order valence-corrected chi connectivity index (χ1v) is 11.3. The van der Waals surface area contributed by atoms with Crippen LogP contribution in [0.5, 0.6) is 0 Å². The predicted molar refractivity (Wildman–Crippen MR) is 130 cm³/mol. The highest BCUT2D eigenvalue weighted by atomic mass is 16.1. The molecule has 4 rings (SSSR count). The van der Waals surface area contributed by atoms with Gasteiger partial charge in [-0.3, -0.25) is 9.13 Å². The van der Waals surface area contributed by atoms with E-state index < -0.39 is 0 Å². The van der Waals surface area contributed by atoms with Gasteiger partial charge in [0.2, 0.25) is 0 Å². The summed E-state index contributed by atoms with van der Waals surface area (Å²) in [6.07, 6.45) is 4.47. The third kappa shape index (κ3) is 4.27. The molecule has 0 aliphatic carbocycles. The highest BCUT2D eigenvalue weighted by Gasteiger charge is 2.25. The van der Waals surface area contributed by atoms with Gasteiger partial charge in [-0.2, -0.15) is 0 Å². The largest absolute Gasteiger partial charge is 0.334 e. The van der Waals surface area contributed by atoms with Crippen molar-refractivity contribution in [3.05, 3.63) is 101 Å². The van der Waals surface area contributed by atoms with E-state index in [0.29, 0.717) is 0 Å². The lowest BCUT2D eigenvalue weighted by atomic mass is 10.0. The summed E-state index contributed by atoms with van der Waals surface area (Å²) in [6, 6.07) is 30.7. The summed E-state index contributed by atoms with van der Waals surface area (Å²) in [4.78, 5) is 14.0. The summed E-state index contributed by atoms with van der Waals surface area (Å²) >= 11 is 0. The molecule has 0 aliphatic rings. The lowest BCUT2D eigenvalue weighted by Gasteiger charge is -2.17. The average Bonchev–Trinajstić information content (AvgIpc) is 3.14. The number of rotatable bonds is 8. The standard InChI is InChI=1S/C28H30N2O/c1-3-4-8-15-22(2)29-26(23-16-9-5-10-17-23)27(24-18-11-6-12-19-24)30(28(29)31)25-20-13-7-14-21-25/h5-7,9-14,16-22H,3-4,8,15H2,1-2H3. The molecule has 0 N–H and O–H groups in total. The van der Waals surface area contributed by atoms with Crippen molar-refractivity contribution in [3.63, 3.8) is 0 Å². The molecule has 3 nitrogen and oxygen atoms in total. The summed E-state index contributed by atoms with van der Waals surface area (Å²) in [5.74, 6) is 0. The lowest BCUT2D eigenvalue weighted by Crippen LogP contribution is -2.26. The summed E-state index contributed by atoms with van der Waals surface area (Å²) < 4.78 is 3.90. The van der Waals surface area contributed by atoms with Gasteiger partial charge in [0.1, 0.15) is 0 Å². The maximum absolute atomic E-state index is 14.0. The summed E-state index contributed by atoms with van der Waals surface area (Å²) in [5.41, 5.74) is 4.96. The molecule has 0 spiro atoms. The number of hydrogen-bond donors (Lipinski definition) is 0. The Balaban J connectivity index is 2.03. The maximum atomic E-state index is 14.0. The Kier molecular flexibility index (Phi) is 6.51. The van der Waals surface area contributed by atoms with Crippen molar-refractivity contribution in [2.75, 3.05) is 0 Å². The summed E-state index contributed by atoms with van der Waals surface area (Å²) in [7, 11) is 0. The highest BCUT2D eigenvalue weighted by molar-refractivity contribution is 5.80. The predicted octanol–water partition coefficient (Wildman–Crippen LogP) is 7.11. The van der Waals surface area contributed by atoms with Gasteiger partial charge in [0.05, 0.1) is 17.1 Å². The number of para-hydroxylation sites is 1. The minimum atomic E-state index is 0.0212. The molecule has 3 aromatic carbocycles. The minimum Gasteiger partial charge on any atom is -0.288 e. The first kappa shape index (κ1) is 20.9. The molecular formula is C28H30N2O. The van der Waals surface area contributed by atoms with Crippen molar-refractivity contribution in [1.82, 2.24) is 9.13 Å². The van der Waals surface area contributed by atoms with Gasteiger partial charge in [0.15, 0.2) is 0 Å². The van der Waals surface area contributed by atoms with Crippen molar-refractivity contribution >= 4 is 0 Å². The minimum absolute atomic E-state index is 0.0212. The fourth-order valence-electron chi connectivity index (χ4n) is 4.30. The molecule has 1 heterocycles. The van der Waals surface area contributed by atoms with Crippen molar-refractivity contribution in [1.29, 1.82) is 0 Å². The molecule has 158 valence electrons. The molecule has 4 aromatic rings. The van der Waals surface area contributed by atoms with Gasteiger partial charge in [0.25, 0.3) is 0 Å². The Morgan fingerprint density at radius 3 is 1.77 bits per heavy atom. The second kappa shape index (κ2) is 9.65. The summed E-state index contributed by atoms with van der Waals surface area (Å²) in [6.45, 7) is 4.39. The molecule has 0 bridgehead atoms. The molecular weight excluding hydrogens is 380 g/mol. The van der Waals surface area contributed by atoms with Crippen LogP contribution in [0.1, 0.15) is 45.6 Å². The molecule has 0 saturated heterocycles. The van der Waals surface area contributed by atoms with Crippen LogP contribution in [0.2, 0.25) is 0 Å². The van der Waals surface area contributed by atoms with Crippen molar-refractivity contribution in [2.24, 2.45) is 0 Å². The lowest BCUT2D eigenvalue weighted by molar-refractivity contribution is 0.467. The van der Waals surface area contributed by atoms with E-state index in [0.717, 1.165) is 41.0 Å². The number of imidazole rings is 1. The monoisotopic (exact) mass is 410 g/mol. The van der Waals surface area contributed by atoms with Crippen LogP contribution in [-0.4, -0.2) is 9.13 Å². The Labute approximate surface area is 184 Å². The molecule has 0 fully saturated rings. The van der Waals surface area contributed by atoms with E-state index in [9.17, 15) is 4.79 Å². The molecule has 0 saturated carbocycles. The number of unbranched alkanes of at least 4 members (excludes halogenated alkanes) is 2. The smallest absolute Gasteiger partial charge is 0.288 e. The zero-order valence-corrected chi connectivity index (χ0v) is 18.4. The topological polar surface area (TPSA) is 26.9 Å². The molecule has 3 heteroatoms. The molecule has 0 amide bonds. The van der Waals surface area contributed by atoms with Gasteiger partial charge < -0.3 is 0 Å². The Hall–Kier alpha value is -3.33. The number of aromatic nitrogens is 2. The van der Waals surface area contributed by atoms with E-state index in [1.54, 1.807) is 0 Å². The Morgan fingerprint density at radius 1 is 0.710 bits per heavy atom. The van der Waals surface area contributed by atoms with Gasteiger partial charge in [-0.05, 0) is 25.5 Å². The maximum Gasteiger partial charge on any atom is 0.334 e. The second-order valence-electron chi connectivity index (χ2n) is 8.10. The van der Waals surface area contributed by atoms with Gasteiger partial charge in [0, 0.05) is 17.2 Å². The van der Waals surface area contributed by atoms with Gasteiger partial charge in [-0.1, -0.05) is 105 Å². The van der Waals surface area contributed by atoms with Gasteiger partial charge >= 0.3 is 5.69 Å². The van der Waals surface area contributed by atoms with Gasteiger partial charge in [-0.15, -0.1) is 0 Å². The van der Waals surface area contributed by atoms with E-state index in [1.807, 2.05) is 75.9 Å². The molecule has 1 unspecified atom stereocenters. The van der Waals surface area contributed by atoms with E-state index in [1.165, 1.54) is 12.8 Å². The molecule has 0 aliphatic heterocycles. The quantitative estimate of drug-likeness (QED) is 0.284. The fourth-order valence-corrected chi connectivity index (χ4v) is 4.30. The van der Waals surface area contributed by atoms with E-state index >= 15 is 0 Å². The number of hydrogen-bond acceptors (Lipinski definition) is 1. The number of nitrogens with zero attached hydrogens (tertiary/aromatic N) is 2. The van der Waals surface area contributed by atoms with Crippen LogP contribution in [0.25, 0.3) is 28.2 Å².